The molecule has 0 aliphatic heterocycles. The number of aliphatic hydroxyl groups excluding tert-OH is 1. The smallest absolute Gasteiger partial charge is 0.462 e. The van der Waals surface area contributed by atoms with Crippen LogP contribution in [0, 0.1) is 0 Å². The first-order valence-corrected chi connectivity index (χ1v) is 43.5. The largest absolute Gasteiger partial charge is 0.472 e. The zero-order chi connectivity index (χ0) is 74.6. The van der Waals surface area contributed by atoms with Crippen LogP contribution in [0.5, 0.6) is 0 Å². The number of phosphoric ester groups is 2. The van der Waals surface area contributed by atoms with Gasteiger partial charge in [-0.3, -0.25) is 37.3 Å². The summed E-state index contributed by atoms with van der Waals surface area (Å²) in [5.41, 5.74) is 0. The van der Waals surface area contributed by atoms with Gasteiger partial charge in [-0.2, -0.15) is 0 Å². The van der Waals surface area contributed by atoms with Crippen LogP contribution in [0.25, 0.3) is 0 Å². The number of carbonyl (C=O) groups is 4. The minimum atomic E-state index is -4.98. The fraction of sp³-hybridized carbons (Fsp3) is 0.759. The minimum absolute atomic E-state index is 0.0898. The number of rotatable bonds is 76. The Morgan fingerprint density at radius 1 is 0.284 bits per heavy atom. The Bertz CT molecular complexity index is 2310. The maximum atomic E-state index is 13.1. The Labute approximate surface area is 620 Å². The van der Waals surface area contributed by atoms with Gasteiger partial charge in [-0.1, -0.05) is 318 Å². The van der Waals surface area contributed by atoms with Gasteiger partial charge in [0.25, 0.3) is 0 Å². The van der Waals surface area contributed by atoms with Gasteiger partial charge in [-0.15, -0.1) is 0 Å². The van der Waals surface area contributed by atoms with Crippen molar-refractivity contribution in [3.63, 3.8) is 0 Å². The van der Waals surface area contributed by atoms with E-state index in [1.165, 1.54) is 116 Å². The molecule has 0 aromatic rings. The highest BCUT2D eigenvalue weighted by molar-refractivity contribution is 7.47. The SMILES string of the molecule is CC/C=C\C/C=C\C/C=C\C/C=C\CCCCCCCCC(=O)OCC(COP(=O)(O)OCC(O)COP(=O)(O)OCC(COC(=O)CCCC/C=C\C/C=C\C/C=C\C/C=C\CC)OC(=O)CCCCCCCCCCCCCCCCC)OC(=O)CCCCCCCCCCCCCCC. The first-order chi connectivity index (χ1) is 49.7. The van der Waals surface area contributed by atoms with Gasteiger partial charge in [-0.05, 0) is 103 Å². The first-order valence-electron chi connectivity index (χ1n) is 40.5. The monoisotopic (exact) mass is 1480 g/mol. The fourth-order valence-corrected chi connectivity index (χ4v) is 12.5. The number of aliphatic hydroxyl groups is 1. The van der Waals surface area contributed by atoms with E-state index < -0.39 is 97.5 Å². The fourth-order valence-electron chi connectivity index (χ4n) is 11.0. The van der Waals surface area contributed by atoms with E-state index in [2.05, 4.69) is 125 Å². The molecule has 0 rings (SSSR count). The number of unbranched alkanes of at least 4 members (excludes halogenated alkanes) is 34. The maximum Gasteiger partial charge on any atom is 0.472 e. The van der Waals surface area contributed by atoms with Crippen LogP contribution in [0.4, 0.5) is 0 Å². The lowest BCUT2D eigenvalue weighted by atomic mass is 10.0. The van der Waals surface area contributed by atoms with Gasteiger partial charge in [0.15, 0.2) is 12.2 Å². The molecule has 17 nitrogen and oxygen atoms in total. The zero-order valence-corrected chi connectivity index (χ0v) is 66.3. The van der Waals surface area contributed by atoms with Gasteiger partial charge in [0.1, 0.15) is 19.3 Å². The van der Waals surface area contributed by atoms with Gasteiger partial charge in [0.05, 0.1) is 26.4 Å². The van der Waals surface area contributed by atoms with Gasteiger partial charge < -0.3 is 33.8 Å². The molecule has 3 N–H and O–H groups in total. The van der Waals surface area contributed by atoms with Crippen molar-refractivity contribution in [1.29, 1.82) is 0 Å². The third kappa shape index (κ3) is 74.3. The summed E-state index contributed by atoms with van der Waals surface area (Å²) >= 11 is 0. The van der Waals surface area contributed by atoms with Crippen LogP contribution in [0.2, 0.25) is 0 Å². The molecule has 0 fully saturated rings. The van der Waals surface area contributed by atoms with Crippen molar-refractivity contribution in [3.05, 3.63) is 97.2 Å². The molecule has 0 amide bonds. The molecule has 5 unspecified atom stereocenters. The van der Waals surface area contributed by atoms with Crippen LogP contribution in [-0.4, -0.2) is 96.7 Å². The van der Waals surface area contributed by atoms with Crippen LogP contribution >= 0.6 is 15.6 Å². The van der Waals surface area contributed by atoms with Crippen LogP contribution in [0.3, 0.4) is 0 Å². The van der Waals surface area contributed by atoms with E-state index in [1.54, 1.807) is 0 Å². The highest BCUT2D eigenvalue weighted by Gasteiger charge is 2.30. The lowest BCUT2D eigenvalue weighted by Gasteiger charge is -2.21. The summed E-state index contributed by atoms with van der Waals surface area (Å²) in [4.78, 5) is 73.0. The summed E-state index contributed by atoms with van der Waals surface area (Å²) in [6, 6.07) is 0. The molecule has 5 atom stereocenters. The average Bonchev–Trinajstić information content (AvgIpc) is 0.908. The topological polar surface area (TPSA) is 237 Å². The summed E-state index contributed by atoms with van der Waals surface area (Å²) in [7, 11) is -9.96. The molecular formula is C83H146O17P2. The lowest BCUT2D eigenvalue weighted by Crippen LogP contribution is -2.30. The average molecular weight is 1480 g/mol. The molecule has 0 aromatic carbocycles. The summed E-state index contributed by atoms with van der Waals surface area (Å²) < 4.78 is 68.6. The molecule has 0 spiro atoms. The molecule has 0 saturated heterocycles. The number of allylic oxidation sites excluding steroid dienone is 16. The van der Waals surface area contributed by atoms with E-state index in [9.17, 15) is 43.2 Å². The molecule has 19 heteroatoms. The van der Waals surface area contributed by atoms with E-state index in [1.807, 2.05) is 0 Å². The Kier molecular flexibility index (Phi) is 72.3. The Hall–Kier alpha value is -4.02. The molecule has 0 bridgehead atoms. The third-order valence-corrected chi connectivity index (χ3v) is 19.0. The first kappa shape index (κ1) is 98.0. The van der Waals surface area contributed by atoms with E-state index in [4.69, 9.17) is 37.0 Å². The van der Waals surface area contributed by atoms with Gasteiger partial charge in [-0.25, -0.2) is 9.13 Å². The number of hydrogen-bond acceptors (Lipinski definition) is 15. The Morgan fingerprint density at radius 3 is 0.804 bits per heavy atom. The zero-order valence-electron chi connectivity index (χ0n) is 64.5. The van der Waals surface area contributed by atoms with Crippen molar-refractivity contribution >= 4 is 39.5 Å². The Balaban J connectivity index is 5.35. The van der Waals surface area contributed by atoms with E-state index in [-0.39, 0.29) is 25.7 Å². The van der Waals surface area contributed by atoms with Crippen molar-refractivity contribution in [1.82, 2.24) is 0 Å². The maximum absolute atomic E-state index is 13.1. The van der Waals surface area contributed by atoms with Gasteiger partial charge >= 0.3 is 39.5 Å². The molecule has 0 heterocycles. The second-order valence-corrected chi connectivity index (χ2v) is 29.9. The number of ether oxygens (including phenoxy) is 4. The summed E-state index contributed by atoms with van der Waals surface area (Å²) in [5.74, 6) is -2.21. The van der Waals surface area contributed by atoms with Crippen LogP contribution in [-0.2, 0) is 65.4 Å². The van der Waals surface area contributed by atoms with Gasteiger partial charge in [0, 0.05) is 25.7 Å². The predicted molar refractivity (Wildman–Crippen MR) is 418 cm³/mol. The molecule has 0 radical (unpaired) electrons. The number of carbonyl (C=O) groups excluding carboxylic acids is 4. The summed E-state index contributed by atoms with van der Waals surface area (Å²) in [5, 5.41) is 10.6. The normalized spacial score (nSPS) is 14.4. The van der Waals surface area contributed by atoms with E-state index in [0.717, 1.165) is 154 Å². The van der Waals surface area contributed by atoms with Crippen molar-refractivity contribution in [3.8, 4) is 0 Å². The molecule has 0 saturated carbocycles. The number of hydrogen-bond donors (Lipinski definition) is 3. The number of esters is 4. The standard InChI is InChI=1S/C83H146O17P2/c1-5-9-13-17-21-25-29-33-36-37-38-39-42-45-48-52-56-60-64-68-81(86)94-73-78(99-82(87)69-65-61-57-53-49-43-32-28-24-20-16-12-8-4)75-97-101(89,90)95-71-77(84)72-96-102(91,92)98-76-79(100-83(88)70-66-62-58-54-50-46-41-35-31-27-23-19-15-11-7-3)74-93-80(85)67-63-59-55-51-47-44-40-34-30-26-22-18-14-10-6-2/h9-10,13-14,21-22,25-26,33-34,36,38-40,47,51,77-79,84H,5-8,11-12,15-20,23-24,27-32,35,37,41-46,48-50,52-76H2,1-4H3,(H,89,90)(H,91,92)/b13-9-,14-10-,25-21-,26-22-,36-33-,39-38-,40-34-,51-47-. The highest BCUT2D eigenvalue weighted by atomic mass is 31.2. The minimum Gasteiger partial charge on any atom is -0.462 e. The van der Waals surface area contributed by atoms with Crippen LogP contribution < -0.4 is 0 Å². The van der Waals surface area contributed by atoms with Crippen molar-refractivity contribution in [2.75, 3.05) is 39.6 Å². The van der Waals surface area contributed by atoms with Crippen molar-refractivity contribution in [2.45, 2.75) is 367 Å². The second-order valence-electron chi connectivity index (χ2n) is 27.0. The van der Waals surface area contributed by atoms with Gasteiger partial charge in [0.2, 0.25) is 0 Å². The quantitative estimate of drug-likeness (QED) is 0.0169. The molecular weight excluding hydrogens is 1330 g/mol. The predicted octanol–water partition coefficient (Wildman–Crippen LogP) is 23.6. The van der Waals surface area contributed by atoms with E-state index in [0.29, 0.717) is 25.7 Å². The molecule has 0 aliphatic carbocycles. The lowest BCUT2D eigenvalue weighted by molar-refractivity contribution is -0.161. The van der Waals surface area contributed by atoms with Crippen molar-refractivity contribution in [2.24, 2.45) is 0 Å². The van der Waals surface area contributed by atoms with E-state index >= 15 is 0 Å². The number of phosphoric acid groups is 2. The molecule has 590 valence electrons. The highest BCUT2D eigenvalue weighted by Crippen LogP contribution is 2.45. The molecule has 102 heavy (non-hydrogen) atoms. The molecule has 0 aliphatic rings. The Morgan fingerprint density at radius 2 is 0.510 bits per heavy atom. The summed E-state index contributed by atoms with van der Waals surface area (Å²) in [6.07, 6.45) is 79.5. The third-order valence-electron chi connectivity index (χ3n) is 17.1. The summed E-state index contributed by atoms with van der Waals surface area (Å²) in [6.45, 7) is 4.64. The second kappa shape index (κ2) is 75.2. The van der Waals surface area contributed by atoms with Crippen LogP contribution in [0.1, 0.15) is 349 Å². The molecule has 0 aromatic heterocycles. The van der Waals surface area contributed by atoms with Crippen LogP contribution in [0.15, 0.2) is 97.2 Å². The van der Waals surface area contributed by atoms with Crippen molar-refractivity contribution < 1.29 is 80.2 Å².